The van der Waals surface area contributed by atoms with Gasteiger partial charge in [-0.2, -0.15) is 5.26 Å². The number of ether oxygens (including phenoxy) is 1. The largest absolute Gasteiger partial charge is 0.445 e. The molecule has 0 aliphatic rings. The molecular weight excluding hydrogens is 352 g/mol. The first-order valence-electron chi connectivity index (χ1n) is 8.13. The molecule has 26 heavy (non-hydrogen) atoms. The van der Waals surface area contributed by atoms with Crippen molar-refractivity contribution in [3.8, 4) is 6.07 Å². The summed E-state index contributed by atoms with van der Waals surface area (Å²) >= 11 is 0. The van der Waals surface area contributed by atoms with Crippen molar-refractivity contribution in [2.75, 3.05) is 5.75 Å². The van der Waals surface area contributed by atoms with E-state index in [2.05, 4.69) is 5.32 Å². The van der Waals surface area contributed by atoms with Crippen LogP contribution in [-0.2, 0) is 21.2 Å². The minimum Gasteiger partial charge on any atom is -0.445 e. The van der Waals surface area contributed by atoms with Crippen molar-refractivity contribution >= 4 is 15.9 Å². The zero-order valence-electron chi connectivity index (χ0n) is 14.4. The molecule has 7 heteroatoms. The Morgan fingerprint density at radius 1 is 1.15 bits per heavy atom. The molecule has 0 radical (unpaired) electrons. The van der Waals surface area contributed by atoms with Gasteiger partial charge < -0.3 is 10.1 Å². The number of hydrogen-bond acceptors (Lipinski definition) is 5. The molecule has 0 aliphatic carbocycles. The molecule has 0 saturated carbocycles. The highest BCUT2D eigenvalue weighted by Gasteiger charge is 2.17. The van der Waals surface area contributed by atoms with Gasteiger partial charge in [0, 0.05) is 0 Å². The van der Waals surface area contributed by atoms with Gasteiger partial charge in [0.25, 0.3) is 0 Å². The first-order chi connectivity index (χ1) is 12.5. The van der Waals surface area contributed by atoms with Crippen LogP contribution in [0.25, 0.3) is 0 Å². The summed E-state index contributed by atoms with van der Waals surface area (Å²) in [6.07, 6.45) is -0.598. The van der Waals surface area contributed by atoms with Crippen LogP contribution in [0.15, 0.2) is 59.5 Å². The summed E-state index contributed by atoms with van der Waals surface area (Å²) in [5.41, 5.74) is 1.49. The van der Waals surface area contributed by atoms with E-state index in [1.54, 1.807) is 19.1 Å². The van der Waals surface area contributed by atoms with E-state index in [-0.39, 0.29) is 23.7 Å². The summed E-state index contributed by atoms with van der Waals surface area (Å²) in [6.45, 7) is 1.70. The normalized spacial score (nSPS) is 12.0. The third kappa shape index (κ3) is 5.33. The average Bonchev–Trinajstić information content (AvgIpc) is 2.67. The van der Waals surface area contributed by atoms with Crippen molar-refractivity contribution in [1.29, 1.82) is 5.26 Å². The minimum absolute atomic E-state index is 0.0119. The topological polar surface area (TPSA) is 96.3 Å². The highest BCUT2D eigenvalue weighted by atomic mass is 32.2. The zero-order valence-corrected chi connectivity index (χ0v) is 15.2. The minimum atomic E-state index is -3.29. The number of alkyl carbamates (subject to hydrolysis) is 1. The molecule has 0 fully saturated rings. The van der Waals surface area contributed by atoms with Crippen LogP contribution in [0.2, 0.25) is 0 Å². The fourth-order valence-electron chi connectivity index (χ4n) is 2.32. The summed E-state index contributed by atoms with van der Waals surface area (Å²) in [5.74, 6) is 0.0119. The van der Waals surface area contributed by atoms with E-state index in [1.807, 2.05) is 36.4 Å². The zero-order chi connectivity index (χ0) is 19.0. The number of sulfone groups is 1. The van der Waals surface area contributed by atoms with Gasteiger partial charge in [0.05, 0.1) is 29.2 Å². The van der Waals surface area contributed by atoms with Gasteiger partial charge in [-0.25, -0.2) is 13.2 Å². The Bertz CT molecular complexity index is 872. The van der Waals surface area contributed by atoms with E-state index in [0.717, 1.165) is 5.56 Å². The van der Waals surface area contributed by atoms with Gasteiger partial charge in [0.15, 0.2) is 9.84 Å². The molecule has 0 aliphatic heterocycles. The monoisotopic (exact) mass is 372 g/mol. The van der Waals surface area contributed by atoms with Crippen LogP contribution in [0.1, 0.15) is 30.5 Å². The fourth-order valence-corrected chi connectivity index (χ4v) is 3.21. The molecule has 0 heterocycles. The summed E-state index contributed by atoms with van der Waals surface area (Å²) in [5, 5.41) is 11.6. The number of nitrogens with zero attached hydrogens (tertiary/aromatic N) is 1. The molecule has 136 valence electrons. The van der Waals surface area contributed by atoms with Crippen molar-refractivity contribution in [3.63, 3.8) is 0 Å². The number of nitrogens with one attached hydrogen (secondary N) is 1. The second kappa shape index (κ2) is 9.02. The number of rotatable bonds is 7. The van der Waals surface area contributed by atoms with Crippen molar-refractivity contribution in [2.45, 2.75) is 30.9 Å². The first-order valence-corrected chi connectivity index (χ1v) is 9.78. The molecule has 0 saturated heterocycles. The van der Waals surface area contributed by atoms with E-state index in [1.165, 1.54) is 12.1 Å². The number of hydrogen-bond donors (Lipinski definition) is 1. The van der Waals surface area contributed by atoms with Gasteiger partial charge in [-0.1, -0.05) is 49.4 Å². The predicted molar refractivity (Wildman–Crippen MR) is 96.9 cm³/mol. The van der Waals surface area contributed by atoms with Crippen molar-refractivity contribution in [1.82, 2.24) is 5.32 Å². The second-order valence-corrected chi connectivity index (χ2v) is 7.87. The number of benzene rings is 2. The maximum absolute atomic E-state index is 12.0. The standard InChI is InChI=1S/C19H20N2O4S/c1-2-26(23,24)17-10-8-16(9-11-17)18(12-13-20)21-19(22)25-14-15-6-4-3-5-7-15/h3-11,18H,2,12,14H2,1H3,(H,21,22)/t18-/m0/s1. The van der Waals surface area contributed by atoms with E-state index in [0.29, 0.717) is 5.56 Å². The molecule has 0 bridgehead atoms. The van der Waals surface area contributed by atoms with Gasteiger partial charge >= 0.3 is 6.09 Å². The number of amides is 1. The molecule has 1 amide bonds. The molecule has 2 aromatic rings. The quantitative estimate of drug-likeness (QED) is 0.804. The molecular formula is C19H20N2O4S. The van der Waals surface area contributed by atoms with Gasteiger partial charge in [-0.05, 0) is 23.3 Å². The van der Waals surface area contributed by atoms with Crippen molar-refractivity contribution in [3.05, 3.63) is 65.7 Å². The van der Waals surface area contributed by atoms with Crippen LogP contribution in [0, 0.1) is 11.3 Å². The summed E-state index contributed by atoms with van der Waals surface area (Å²) in [6, 6.07) is 16.8. The predicted octanol–water partition coefficient (Wildman–Crippen LogP) is 3.36. The number of carbonyl (C=O) groups excluding carboxylic acids is 1. The smallest absolute Gasteiger partial charge is 0.407 e. The molecule has 2 rings (SSSR count). The van der Waals surface area contributed by atoms with Gasteiger partial charge in [0.2, 0.25) is 0 Å². The Hall–Kier alpha value is -2.85. The lowest BCUT2D eigenvalue weighted by molar-refractivity contribution is 0.135. The van der Waals surface area contributed by atoms with E-state index in [4.69, 9.17) is 10.00 Å². The fraction of sp³-hybridized carbons (Fsp3) is 0.263. The number of carbonyl (C=O) groups is 1. The molecule has 0 spiro atoms. The highest BCUT2D eigenvalue weighted by molar-refractivity contribution is 7.91. The molecule has 2 aromatic carbocycles. The Kier molecular flexibility index (Phi) is 6.75. The lowest BCUT2D eigenvalue weighted by atomic mass is 10.0. The lowest BCUT2D eigenvalue weighted by Crippen LogP contribution is -2.29. The van der Waals surface area contributed by atoms with Crippen LogP contribution in [0.4, 0.5) is 4.79 Å². The second-order valence-electron chi connectivity index (χ2n) is 5.59. The maximum atomic E-state index is 12.0. The molecule has 0 aromatic heterocycles. The van der Waals surface area contributed by atoms with Crippen molar-refractivity contribution < 1.29 is 17.9 Å². The lowest BCUT2D eigenvalue weighted by Gasteiger charge is -2.17. The molecule has 0 unspecified atom stereocenters. The van der Waals surface area contributed by atoms with Gasteiger partial charge in [-0.3, -0.25) is 0 Å². The van der Waals surface area contributed by atoms with Crippen LogP contribution in [0.3, 0.4) is 0 Å². The third-order valence-corrected chi connectivity index (χ3v) is 5.57. The van der Waals surface area contributed by atoms with E-state index < -0.39 is 22.0 Å². The van der Waals surface area contributed by atoms with Crippen LogP contribution < -0.4 is 5.32 Å². The summed E-state index contributed by atoms with van der Waals surface area (Å²) < 4.78 is 28.9. The van der Waals surface area contributed by atoms with Crippen LogP contribution >= 0.6 is 0 Å². The van der Waals surface area contributed by atoms with E-state index in [9.17, 15) is 13.2 Å². The Morgan fingerprint density at radius 3 is 2.38 bits per heavy atom. The SMILES string of the molecule is CCS(=O)(=O)c1ccc([C@H](CC#N)NC(=O)OCc2ccccc2)cc1. The molecule has 1 atom stereocenters. The van der Waals surface area contributed by atoms with E-state index >= 15 is 0 Å². The maximum Gasteiger partial charge on any atom is 0.407 e. The average molecular weight is 372 g/mol. The van der Waals surface area contributed by atoms with Crippen LogP contribution in [-0.4, -0.2) is 20.3 Å². The van der Waals surface area contributed by atoms with Crippen LogP contribution in [0.5, 0.6) is 0 Å². The summed E-state index contributed by atoms with van der Waals surface area (Å²) in [4.78, 5) is 12.2. The van der Waals surface area contributed by atoms with Gasteiger partial charge in [0.1, 0.15) is 6.61 Å². The van der Waals surface area contributed by atoms with Crippen molar-refractivity contribution in [2.24, 2.45) is 0 Å². The molecule has 1 N–H and O–H groups in total. The number of nitriles is 1. The Labute approximate surface area is 153 Å². The van der Waals surface area contributed by atoms with Gasteiger partial charge in [-0.15, -0.1) is 0 Å². The molecule has 6 nitrogen and oxygen atoms in total. The third-order valence-electron chi connectivity index (χ3n) is 3.82. The first kappa shape index (κ1) is 19.5. The highest BCUT2D eigenvalue weighted by Crippen LogP contribution is 2.20. The Morgan fingerprint density at radius 2 is 1.81 bits per heavy atom. The Balaban J connectivity index is 2.04. The summed E-state index contributed by atoms with van der Waals surface area (Å²) in [7, 11) is -3.29.